The van der Waals surface area contributed by atoms with Crippen LogP contribution in [0.5, 0.6) is 0 Å². The van der Waals surface area contributed by atoms with Gasteiger partial charge in [0.1, 0.15) is 0 Å². The van der Waals surface area contributed by atoms with Crippen LogP contribution in [0.2, 0.25) is 0 Å². The van der Waals surface area contributed by atoms with Gasteiger partial charge in [-0.15, -0.1) is 0 Å². The van der Waals surface area contributed by atoms with Crippen LogP contribution in [-0.4, -0.2) is 28.5 Å². The second kappa shape index (κ2) is 2.71. The Bertz CT molecular complexity index is 242. The summed E-state index contributed by atoms with van der Waals surface area (Å²) in [4.78, 5) is 0. The summed E-state index contributed by atoms with van der Waals surface area (Å²) >= 11 is 0. The molecule has 0 heterocycles. The Morgan fingerprint density at radius 3 is 2.21 bits per heavy atom. The number of fused-ring (bicyclic) bond motifs is 3. The Hall–Kier alpha value is -0.120. The quantitative estimate of drug-likeness (QED) is 0.521. The molecule has 6 atom stereocenters. The average Bonchev–Trinajstić information content (AvgIpc) is 2.76. The fourth-order valence-corrected chi connectivity index (χ4v) is 4.35. The molecule has 2 unspecified atom stereocenters. The minimum Gasteiger partial charge on any atom is -0.390 e. The highest BCUT2D eigenvalue weighted by molar-refractivity contribution is 5.13. The van der Waals surface area contributed by atoms with Crippen LogP contribution >= 0.6 is 0 Å². The first-order chi connectivity index (χ1) is 6.63. The van der Waals surface area contributed by atoms with Gasteiger partial charge in [-0.2, -0.15) is 0 Å². The van der Waals surface area contributed by atoms with Crippen molar-refractivity contribution in [3.8, 4) is 0 Å². The molecule has 14 heavy (non-hydrogen) atoms. The van der Waals surface area contributed by atoms with Crippen molar-refractivity contribution in [2.75, 3.05) is 0 Å². The van der Waals surface area contributed by atoms with Crippen LogP contribution in [0.1, 0.15) is 32.1 Å². The number of hydrogen-bond acceptors (Lipinski definition) is 3. The van der Waals surface area contributed by atoms with Gasteiger partial charge in [0, 0.05) is 6.04 Å². The van der Waals surface area contributed by atoms with Crippen LogP contribution in [-0.2, 0) is 0 Å². The molecule has 3 fully saturated rings. The van der Waals surface area contributed by atoms with Gasteiger partial charge in [-0.05, 0) is 49.4 Å². The van der Waals surface area contributed by atoms with Crippen molar-refractivity contribution < 1.29 is 10.2 Å². The van der Waals surface area contributed by atoms with E-state index in [1.807, 2.05) is 0 Å². The molecule has 0 aromatic carbocycles. The molecule has 3 heteroatoms. The molecule has 1 spiro atoms. The molecule has 80 valence electrons. The van der Waals surface area contributed by atoms with E-state index in [-0.39, 0.29) is 11.5 Å². The normalized spacial score (nSPS) is 61.5. The molecule has 0 saturated heterocycles. The first-order valence-corrected chi connectivity index (χ1v) is 5.75. The summed E-state index contributed by atoms with van der Waals surface area (Å²) in [6, 6.07) is 0.230. The van der Waals surface area contributed by atoms with E-state index in [4.69, 9.17) is 5.73 Å². The maximum absolute atomic E-state index is 9.66. The van der Waals surface area contributed by atoms with Crippen molar-refractivity contribution in [2.45, 2.75) is 50.4 Å². The topological polar surface area (TPSA) is 66.5 Å². The van der Waals surface area contributed by atoms with Gasteiger partial charge in [0.05, 0.1) is 12.2 Å². The molecule has 0 radical (unpaired) electrons. The van der Waals surface area contributed by atoms with E-state index in [9.17, 15) is 10.2 Å². The number of aliphatic hydroxyl groups excluding tert-OH is 2. The molecule has 0 aromatic heterocycles. The van der Waals surface area contributed by atoms with E-state index in [2.05, 4.69) is 0 Å². The van der Waals surface area contributed by atoms with E-state index in [1.165, 1.54) is 19.3 Å². The van der Waals surface area contributed by atoms with Crippen LogP contribution in [0, 0.1) is 17.3 Å². The van der Waals surface area contributed by atoms with E-state index in [1.54, 1.807) is 0 Å². The maximum atomic E-state index is 9.66. The van der Waals surface area contributed by atoms with Gasteiger partial charge in [0.15, 0.2) is 0 Å². The maximum Gasteiger partial charge on any atom is 0.0805 e. The minimum atomic E-state index is -0.527. The summed E-state index contributed by atoms with van der Waals surface area (Å²) in [6.07, 6.45) is 4.17. The van der Waals surface area contributed by atoms with Crippen molar-refractivity contribution in [1.29, 1.82) is 0 Å². The monoisotopic (exact) mass is 197 g/mol. The van der Waals surface area contributed by atoms with Crippen LogP contribution in [0.4, 0.5) is 0 Å². The molecule has 3 rings (SSSR count). The summed E-state index contributed by atoms with van der Waals surface area (Å²) in [6.45, 7) is 0. The lowest BCUT2D eigenvalue weighted by Gasteiger charge is -2.39. The van der Waals surface area contributed by atoms with E-state index in [0.29, 0.717) is 11.8 Å². The van der Waals surface area contributed by atoms with Gasteiger partial charge in [-0.3, -0.25) is 0 Å². The van der Waals surface area contributed by atoms with Crippen LogP contribution < -0.4 is 5.73 Å². The lowest BCUT2D eigenvalue weighted by Crippen LogP contribution is -2.45. The largest absolute Gasteiger partial charge is 0.390 e. The Morgan fingerprint density at radius 2 is 1.71 bits per heavy atom. The highest BCUT2D eigenvalue weighted by Gasteiger charge is 2.60. The van der Waals surface area contributed by atoms with E-state index in [0.717, 1.165) is 12.8 Å². The minimum absolute atomic E-state index is 0.0851. The van der Waals surface area contributed by atoms with Crippen molar-refractivity contribution in [2.24, 2.45) is 23.0 Å². The van der Waals surface area contributed by atoms with Gasteiger partial charge >= 0.3 is 0 Å². The first kappa shape index (κ1) is 9.13. The smallest absolute Gasteiger partial charge is 0.0805 e. The molecular weight excluding hydrogens is 178 g/mol. The molecule has 3 aliphatic rings. The highest BCUT2D eigenvalue weighted by Crippen LogP contribution is 2.61. The standard InChI is InChI=1S/C11H19NO2/c12-10-6-1-2-7(3-6)11(10)4-8(13)9(14)5-11/h6-10,13-14H,1-5,12H2/t6-,7+,8-,9?,10+,11?/m1/s1. The Balaban J connectivity index is 1.91. The third-order valence-electron chi connectivity index (χ3n) is 5.08. The molecule has 3 nitrogen and oxygen atoms in total. The zero-order chi connectivity index (χ0) is 9.92. The van der Waals surface area contributed by atoms with Crippen molar-refractivity contribution >= 4 is 0 Å². The number of rotatable bonds is 0. The summed E-state index contributed by atoms with van der Waals surface area (Å²) in [5, 5.41) is 19.3. The van der Waals surface area contributed by atoms with Gasteiger partial charge in [0.25, 0.3) is 0 Å². The van der Waals surface area contributed by atoms with Crippen molar-refractivity contribution in [3.63, 3.8) is 0 Å². The Kier molecular flexibility index (Phi) is 1.77. The predicted molar refractivity (Wildman–Crippen MR) is 52.5 cm³/mol. The Labute approximate surface area is 84.3 Å². The SMILES string of the molecule is N[C@H]1[C@@H]2CC[C@@H](C2)C12CC(O)[C@H](O)C2. The molecule has 3 saturated carbocycles. The van der Waals surface area contributed by atoms with Gasteiger partial charge in [0.2, 0.25) is 0 Å². The second-order valence-corrected chi connectivity index (χ2v) is 5.57. The van der Waals surface area contributed by atoms with Crippen LogP contribution in [0.15, 0.2) is 0 Å². The predicted octanol–water partition coefficient (Wildman–Crippen LogP) is 0.246. The number of nitrogens with two attached hydrogens (primary N) is 1. The van der Waals surface area contributed by atoms with Gasteiger partial charge < -0.3 is 15.9 Å². The summed E-state index contributed by atoms with van der Waals surface area (Å²) in [5.41, 5.74) is 6.35. The Morgan fingerprint density at radius 1 is 1.07 bits per heavy atom. The van der Waals surface area contributed by atoms with Crippen molar-refractivity contribution in [1.82, 2.24) is 0 Å². The van der Waals surface area contributed by atoms with Crippen molar-refractivity contribution in [3.05, 3.63) is 0 Å². The fourth-order valence-electron chi connectivity index (χ4n) is 4.35. The zero-order valence-electron chi connectivity index (χ0n) is 8.39. The summed E-state index contributed by atoms with van der Waals surface area (Å²) in [7, 11) is 0. The third kappa shape index (κ3) is 0.930. The third-order valence-corrected chi connectivity index (χ3v) is 5.08. The average molecular weight is 197 g/mol. The lowest BCUT2D eigenvalue weighted by molar-refractivity contribution is 0.0438. The highest BCUT2D eigenvalue weighted by atomic mass is 16.3. The van der Waals surface area contributed by atoms with E-state index < -0.39 is 12.2 Å². The van der Waals surface area contributed by atoms with Gasteiger partial charge in [-0.25, -0.2) is 0 Å². The molecule has 0 amide bonds. The molecule has 0 aromatic rings. The molecule has 4 N–H and O–H groups in total. The summed E-state index contributed by atoms with van der Waals surface area (Å²) in [5.74, 6) is 1.34. The molecule has 3 aliphatic carbocycles. The molecule has 2 bridgehead atoms. The number of hydrogen-bond donors (Lipinski definition) is 3. The van der Waals surface area contributed by atoms with Gasteiger partial charge in [-0.1, -0.05) is 0 Å². The lowest BCUT2D eigenvalue weighted by atomic mass is 9.69. The molecule has 0 aliphatic heterocycles. The fraction of sp³-hybridized carbons (Fsp3) is 1.00. The zero-order valence-corrected chi connectivity index (χ0v) is 8.39. The molecular formula is C11H19NO2. The second-order valence-electron chi connectivity index (χ2n) is 5.57. The first-order valence-electron chi connectivity index (χ1n) is 5.75. The van der Waals surface area contributed by atoms with E-state index >= 15 is 0 Å². The van der Waals surface area contributed by atoms with Crippen LogP contribution in [0.3, 0.4) is 0 Å². The number of aliphatic hydroxyl groups is 2. The van der Waals surface area contributed by atoms with Crippen LogP contribution in [0.25, 0.3) is 0 Å². The summed E-state index contributed by atoms with van der Waals surface area (Å²) < 4.78 is 0.